The number of nitrogens with two attached hydrogens (primary N) is 2. The van der Waals surface area contributed by atoms with Gasteiger partial charge >= 0.3 is 0 Å². The molecule has 5 N–H and O–H groups in total. The number of carbonyl (C=O) groups excluding carboxylic acids is 1. The van der Waals surface area contributed by atoms with Crippen LogP contribution in [0.2, 0.25) is 5.02 Å². The third-order valence-corrected chi connectivity index (χ3v) is 7.49. The minimum Gasteiger partial charge on any atom is -0.367 e. The van der Waals surface area contributed by atoms with Gasteiger partial charge in [0.2, 0.25) is 5.78 Å². The van der Waals surface area contributed by atoms with Crippen molar-refractivity contribution in [2.45, 2.75) is 37.8 Å². The second-order valence-electron chi connectivity index (χ2n) is 8.43. The maximum absolute atomic E-state index is 13.4. The van der Waals surface area contributed by atoms with Crippen molar-refractivity contribution in [1.29, 1.82) is 0 Å². The van der Waals surface area contributed by atoms with Crippen molar-refractivity contribution < 1.29 is 8.98 Å². The molecule has 0 radical (unpaired) electrons. The second-order valence-corrected chi connectivity index (χ2v) is 10.2. The van der Waals surface area contributed by atoms with Crippen LogP contribution in [0, 0.1) is 5.92 Å². The number of aromatic nitrogens is 2. The van der Waals surface area contributed by atoms with E-state index in [4.69, 9.17) is 26.7 Å². The van der Waals surface area contributed by atoms with Gasteiger partial charge in [0.15, 0.2) is 0 Å². The molecule has 1 saturated carbocycles. The summed E-state index contributed by atoms with van der Waals surface area (Å²) in [6.45, 7) is 2.54. The molecule has 1 fully saturated rings. The first-order valence-electron chi connectivity index (χ1n) is 10.6. The second kappa shape index (κ2) is 10.5. The number of rotatable bonds is 9. The van der Waals surface area contributed by atoms with Gasteiger partial charge in [-0.3, -0.25) is 9.93 Å². The van der Waals surface area contributed by atoms with E-state index in [0.717, 1.165) is 42.6 Å². The highest BCUT2D eigenvalue weighted by Crippen LogP contribution is 2.33. The van der Waals surface area contributed by atoms with Gasteiger partial charge in [-0.25, -0.2) is 9.97 Å². The van der Waals surface area contributed by atoms with Crippen LogP contribution in [0.4, 0.5) is 5.82 Å². The highest BCUT2D eigenvalue weighted by atomic mass is 35.5. The molecule has 4 rings (SSSR count). The summed E-state index contributed by atoms with van der Waals surface area (Å²) < 4.78 is 5.27. The van der Waals surface area contributed by atoms with E-state index in [1.165, 1.54) is 17.7 Å². The van der Waals surface area contributed by atoms with Crippen molar-refractivity contribution in [2.24, 2.45) is 16.8 Å². The average molecular weight is 504 g/mol. The Balaban J connectivity index is 1.51. The topological polar surface area (TPSA) is 116 Å². The molecule has 2 aromatic heterocycles. The van der Waals surface area contributed by atoms with Crippen molar-refractivity contribution >= 4 is 46.8 Å². The lowest BCUT2D eigenvalue weighted by Crippen LogP contribution is -2.33. The van der Waals surface area contributed by atoms with E-state index in [-0.39, 0.29) is 11.8 Å². The number of ketones is 1. The third kappa shape index (κ3) is 5.56. The SMILES string of the molecule is CC(N)(c1cccc(Cl)c1)c1csc(C(=O)c2cncnc2NC2CCC(COSN)C2)c1. The Labute approximate surface area is 206 Å². The van der Waals surface area contributed by atoms with Crippen LogP contribution >= 0.6 is 35.2 Å². The number of carbonyl (C=O) groups is 1. The molecular weight excluding hydrogens is 478 g/mol. The van der Waals surface area contributed by atoms with Gasteiger partial charge in [-0.2, -0.15) is 0 Å². The summed E-state index contributed by atoms with van der Waals surface area (Å²) in [5.74, 6) is 0.858. The highest BCUT2D eigenvalue weighted by Gasteiger charge is 2.29. The minimum atomic E-state index is -0.781. The molecule has 33 heavy (non-hydrogen) atoms. The Hall–Kier alpha value is -2.01. The lowest BCUT2D eigenvalue weighted by Gasteiger charge is -2.24. The number of benzene rings is 1. The molecule has 0 amide bonds. The van der Waals surface area contributed by atoms with Crippen LogP contribution in [0.3, 0.4) is 0 Å². The summed E-state index contributed by atoms with van der Waals surface area (Å²) in [7, 11) is 0. The molecule has 2 heterocycles. The molecule has 3 unspecified atom stereocenters. The molecule has 1 aliphatic carbocycles. The van der Waals surface area contributed by atoms with Gasteiger partial charge in [-0.05, 0) is 66.8 Å². The Morgan fingerprint density at radius 2 is 2.21 bits per heavy atom. The number of halogens is 1. The maximum Gasteiger partial charge on any atom is 0.208 e. The number of thiophene rings is 1. The first-order chi connectivity index (χ1) is 15.9. The predicted molar refractivity (Wildman–Crippen MR) is 134 cm³/mol. The van der Waals surface area contributed by atoms with Gasteiger partial charge in [0, 0.05) is 17.3 Å². The van der Waals surface area contributed by atoms with E-state index in [9.17, 15) is 4.79 Å². The number of nitrogens with zero attached hydrogens (tertiary/aromatic N) is 2. The largest absolute Gasteiger partial charge is 0.367 e. The molecule has 3 aromatic rings. The summed E-state index contributed by atoms with van der Waals surface area (Å²) in [4.78, 5) is 22.4. The van der Waals surface area contributed by atoms with E-state index in [1.807, 2.05) is 42.6 Å². The Morgan fingerprint density at radius 1 is 1.36 bits per heavy atom. The molecule has 7 nitrogen and oxygen atoms in total. The van der Waals surface area contributed by atoms with Crippen molar-refractivity contribution in [3.63, 3.8) is 0 Å². The fourth-order valence-corrected chi connectivity index (χ4v) is 5.58. The lowest BCUT2D eigenvalue weighted by atomic mass is 9.87. The number of hydrogen-bond donors (Lipinski definition) is 3. The monoisotopic (exact) mass is 503 g/mol. The normalized spacial score (nSPS) is 19.9. The van der Waals surface area contributed by atoms with Crippen LogP contribution in [0.25, 0.3) is 0 Å². The fourth-order valence-electron chi connectivity index (χ4n) is 4.14. The highest BCUT2D eigenvalue weighted by molar-refractivity contribution is 7.92. The number of nitrogens with one attached hydrogen (secondary N) is 1. The molecule has 10 heteroatoms. The van der Waals surface area contributed by atoms with Crippen molar-refractivity contribution in [3.05, 3.63) is 74.8 Å². The van der Waals surface area contributed by atoms with Crippen LogP contribution in [0.1, 0.15) is 52.5 Å². The van der Waals surface area contributed by atoms with E-state index >= 15 is 0 Å². The number of anilines is 1. The zero-order valence-electron chi connectivity index (χ0n) is 18.2. The number of hydrogen-bond acceptors (Lipinski definition) is 9. The zero-order valence-corrected chi connectivity index (χ0v) is 20.6. The van der Waals surface area contributed by atoms with Crippen LogP contribution in [0.5, 0.6) is 0 Å². The standard InChI is InChI=1S/C23H26ClN5O2S2/c1-23(25,15-3-2-4-17(24)8-15)16-9-20(32-12-16)21(30)19-10-27-13-28-22(19)29-18-6-5-14(7-18)11-31-33-26/h2-4,8-10,12-14,18H,5-7,11,25-26H2,1H3,(H,27,28,29). The molecule has 0 aliphatic heterocycles. The van der Waals surface area contributed by atoms with Gasteiger partial charge in [-0.1, -0.05) is 23.7 Å². The first kappa shape index (κ1) is 24.1. The molecule has 0 saturated heterocycles. The molecule has 0 bridgehead atoms. The molecule has 174 valence electrons. The van der Waals surface area contributed by atoms with Gasteiger partial charge in [0.05, 0.1) is 34.8 Å². The molecule has 1 aromatic carbocycles. The third-order valence-electron chi connectivity index (χ3n) is 6.06. The Kier molecular flexibility index (Phi) is 7.68. The molecule has 0 spiro atoms. The quantitative estimate of drug-likeness (QED) is 0.217. The van der Waals surface area contributed by atoms with Gasteiger partial charge < -0.3 is 15.2 Å². The van der Waals surface area contributed by atoms with Gasteiger partial charge in [0.25, 0.3) is 0 Å². The maximum atomic E-state index is 13.4. The van der Waals surface area contributed by atoms with E-state index in [1.54, 1.807) is 6.20 Å². The lowest BCUT2D eigenvalue weighted by molar-refractivity contribution is 0.104. The van der Waals surface area contributed by atoms with Crippen molar-refractivity contribution in [1.82, 2.24) is 9.97 Å². The summed E-state index contributed by atoms with van der Waals surface area (Å²) in [6, 6.07) is 9.53. The van der Waals surface area contributed by atoms with E-state index < -0.39 is 5.54 Å². The summed E-state index contributed by atoms with van der Waals surface area (Å²) in [6.07, 6.45) is 5.98. The van der Waals surface area contributed by atoms with Crippen LogP contribution < -0.4 is 16.2 Å². The van der Waals surface area contributed by atoms with Crippen LogP contribution in [-0.4, -0.2) is 28.4 Å². The predicted octanol–water partition coefficient (Wildman–Crippen LogP) is 4.76. The van der Waals surface area contributed by atoms with Gasteiger partial charge in [-0.15, -0.1) is 11.3 Å². The molecule has 1 aliphatic rings. The van der Waals surface area contributed by atoms with Crippen LogP contribution in [-0.2, 0) is 9.72 Å². The van der Waals surface area contributed by atoms with Crippen molar-refractivity contribution in [3.8, 4) is 0 Å². The fraction of sp³-hybridized carbons (Fsp3) is 0.348. The summed E-state index contributed by atoms with van der Waals surface area (Å²) in [5.41, 5.74) is 8.04. The zero-order chi connectivity index (χ0) is 23.4. The van der Waals surface area contributed by atoms with Crippen LogP contribution in [0.15, 0.2) is 48.2 Å². The van der Waals surface area contributed by atoms with Crippen molar-refractivity contribution in [2.75, 3.05) is 11.9 Å². The average Bonchev–Trinajstić information content (AvgIpc) is 3.48. The van der Waals surface area contributed by atoms with Gasteiger partial charge in [0.1, 0.15) is 12.1 Å². The molecule has 3 atom stereocenters. The Bertz CT molecular complexity index is 1120. The van der Waals surface area contributed by atoms with E-state index in [0.29, 0.717) is 33.8 Å². The molecular formula is C23H26ClN5O2S2. The van der Waals surface area contributed by atoms with E-state index in [2.05, 4.69) is 15.3 Å². The summed E-state index contributed by atoms with van der Waals surface area (Å²) >= 11 is 8.42. The summed E-state index contributed by atoms with van der Waals surface area (Å²) in [5, 5.41) is 11.3. The first-order valence-corrected chi connectivity index (χ1v) is 12.7. The minimum absolute atomic E-state index is 0.131. The smallest absolute Gasteiger partial charge is 0.208 e. The Morgan fingerprint density at radius 3 is 3.00 bits per heavy atom.